The fraction of sp³-hybridized carbons (Fsp3) is 0.571. The number of carboxylic acids is 1. The molecular weight excluding hydrogens is 392 g/mol. The molecular formula is C21H30N2O5S. The normalized spacial score (nSPS) is 17.5. The predicted molar refractivity (Wildman–Crippen MR) is 113 cm³/mol. The Bertz CT molecular complexity index is 704. The second-order valence-corrected chi connectivity index (χ2v) is 8.39. The predicted octanol–water partition coefficient (Wildman–Crippen LogP) is 2.16. The second-order valence-electron chi connectivity index (χ2n) is 7.83. The molecule has 8 heteroatoms. The van der Waals surface area contributed by atoms with Crippen LogP contribution < -0.4 is 10.6 Å². The summed E-state index contributed by atoms with van der Waals surface area (Å²) in [5.74, 6) is -1.96. The van der Waals surface area contributed by atoms with E-state index in [0.717, 1.165) is 18.4 Å². The summed E-state index contributed by atoms with van der Waals surface area (Å²) in [5, 5.41) is 14.4. The van der Waals surface area contributed by atoms with Gasteiger partial charge < -0.3 is 20.5 Å². The number of ether oxygens (including phenoxy) is 1. The molecule has 1 saturated carbocycles. The number of nitrogens with one attached hydrogen (secondary N) is 2. The van der Waals surface area contributed by atoms with Crippen molar-refractivity contribution in [1.29, 1.82) is 0 Å². The number of carboxylic acid groups (broad SMARTS) is 1. The summed E-state index contributed by atoms with van der Waals surface area (Å²) in [6, 6.07) is 8.17. The van der Waals surface area contributed by atoms with E-state index in [4.69, 9.17) is 4.74 Å². The van der Waals surface area contributed by atoms with Crippen LogP contribution in [0.4, 0.5) is 0 Å². The molecule has 0 heterocycles. The Morgan fingerprint density at radius 3 is 2.34 bits per heavy atom. The smallest absolute Gasteiger partial charge is 0.328 e. The molecule has 3 N–H and O–H groups in total. The fourth-order valence-electron chi connectivity index (χ4n) is 3.34. The second kappa shape index (κ2) is 10.6. The number of benzene rings is 1. The third kappa shape index (κ3) is 6.47. The first-order valence-electron chi connectivity index (χ1n) is 9.91. The molecule has 2 rings (SSSR count). The Morgan fingerprint density at radius 1 is 1.17 bits per heavy atom. The van der Waals surface area contributed by atoms with E-state index in [1.165, 1.54) is 0 Å². The lowest BCUT2D eigenvalue weighted by molar-refractivity contribution is -0.145. The molecule has 1 fully saturated rings. The van der Waals surface area contributed by atoms with Gasteiger partial charge in [-0.05, 0) is 24.3 Å². The molecule has 7 nitrogen and oxygen atoms in total. The van der Waals surface area contributed by atoms with Crippen molar-refractivity contribution in [3.05, 3.63) is 35.9 Å². The molecule has 29 heavy (non-hydrogen) atoms. The van der Waals surface area contributed by atoms with Crippen molar-refractivity contribution in [2.45, 2.75) is 63.0 Å². The minimum Gasteiger partial charge on any atom is -0.480 e. The zero-order valence-corrected chi connectivity index (χ0v) is 17.8. The lowest BCUT2D eigenvalue weighted by Gasteiger charge is -2.32. The maximum Gasteiger partial charge on any atom is 0.328 e. The van der Waals surface area contributed by atoms with E-state index in [9.17, 15) is 19.5 Å². The van der Waals surface area contributed by atoms with Crippen LogP contribution in [-0.2, 0) is 25.7 Å². The summed E-state index contributed by atoms with van der Waals surface area (Å²) in [6.45, 7) is 3.84. The highest BCUT2D eigenvalue weighted by Gasteiger charge is 2.44. The largest absolute Gasteiger partial charge is 0.480 e. The maximum atomic E-state index is 13.0. The number of carbonyl (C=O) groups excluding carboxylic acids is 2. The highest BCUT2D eigenvalue weighted by atomic mass is 32.1. The van der Waals surface area contributed by atoms with Gasteiger partial charge in [0.25, 0.3) is 0 Å². The first-order valence-corrected chi connectivity index (χ1v) is 10.4. The third-order valence-electron chi connectivity index (χ3n) is 5.15. The molecule has 0 spiro atoms. The highest BCUT2D eigenvalue weighted by molar-refractivity contribution is 7.81. The summed E-state index contributed by atoms with van der Waals surface area (Å²) in [6.07, 6.45) is 2.52. The lowest BCUT2D eigenvalue weighted by Crippen LogP contribution is -2.61. The van der Waals surface area contributed by atoms with Crippen LogP contribution in [0.25, 0.3) is 0 Å². The molecule has 0 radical (unpaired) electrons. The van der Waals surface area contributed by atoms with Gasteiger partial charge in [0.2, 0.25) is 11.8 Å². The van der Waals surface area contributed by atoms with E-state index in [2.05, 4.69) is 23.3 Å². The fourth-order valence-corrected chi connectivity index (χ4v) is 3.40. The Morgan fingerprint density at radius 2 is 1.79 bits per heavy atom. The Hall–Kier alpha value is -2.06. The Labute approximate surface area is 177 Å². The van der Waals surface area contributed by atoms with Gasteiger partial charge in [0.05, 0.1) is 18.5 Å². The van der Waals surface area contributed by atoms with Gasteiger partial charge in [-0.3, -0.25) is 9.59 Å². The van der Waals surface area contributed by atoms with Gasteiger partial charge in [-0.15, -0.1) is 0 Å². The number of hydrogen-bond acceptors (Lipinski definition) is 5. The first kappa shape index (κ1) is 23.2. The van der Waals surface area contributed by atoms with Crippen LogP contribution >= 0.6 is 12.6 Å². The average Bonchev–Trinajstić information content (AvgIpc) is 3.16. The van der Waals surface area contributed by atoms with E-state index in [1.54, 1.807) is 0 Å². The number of rotatable bonds is 10. The zero-order chi connectivity index (χ0) is 21.4. The highest BCUT2D eigenvalue weighted by Crippen LogP contribution is 2.30. The van der Waals surface area contributed by atoms with Crippen LogP contribution in [0.3, 0.4) is 0 Å². The van der Waals surface area contributed by atoms with Gasteiger partial charge in [0.1, 0.15) is 5.54 Å². The van der Waals surface area contributed by atoms with Crippen LogP contribution in [0.2, 0.25) is 0 Å². The van der Waals surface area contributed by atoms with E-state index in [0.29, 0.717) is 12.8 Å². The molecule has 0 aliphatic heterocycles. The Kier molecular flexibility index (Phi) is 8.52. The molecule has 1 aliphatic carbocycles. The summed E-state index contributed by atoms with van der Waals surface area (Å²) in [4.78, 5) is 37.1. The van der Waals surface area contributed by atoms with E-state index in [1.807, 2.05) is 44.2 Å². The van der Waals surface area contributed by atoms with Crippen LogP contribution in [0, 0.1) is 5.92 Å². The molecule has 2 amide bonds. The van der Waals surface area contributed by atoms with Crippen LogP contribution in [-0.4, -0.2) is 46.3 Å². The van der Waals surface area contributed by atoms with Crippen LogP contribution in [0.5, 0.6) is 0 Å². The van der Waals surface area contributed by atoms with Crippen molar-refractivity contribution in [2.24, 2.45) is 5.92 Å². The number of hydrogen-bond donors (Lipinski definition) is 4. The average molecular weight is 423 g/mol. The minimum atomic E-state index is -1.20. The topological polar surface area (TPSA) is 105 Å². The molecule has 1 aromatic rings. The molecule has 1 aliphatic rings. The Balaban J connectivity index is 1.99. The van der Waals surface area contributed by atoms with Gasteiger partial charge in [0.15, 0.2) is 6.04 Å². The van der Waals surface area contributed by atoms with Crippen molar-refractivity contribution in [3.8, 4) is 0 Å². The van der Waals surface area contributed by atoms with E-state index >= 15 is 0 Å². The molecule has 2 atom stereocenters. The van der Waals surface area contributed by atoms with Crippen LogP contribution in [0.15, 0.2) is 30.3 Å². The maximum absolute atomic E-state index is 13.0. The molecule has 1 aromatic carbocycles. The van der Waals surface area contributed by atoms with Crippen molar-refractivity contribution in [3.63, 3.8) is 0 Å². The summed E-state index contributed by atoms with van der Waals surface area (Å²) in [5.41, 5.74) is -0.184. The van der Waals surface area contributed by atoms with Crippen molar-refractivity contribution < 1.29 is 24.2 Å². The lowest BCUT2D eigenvalue weighted by atomic mass is 9.94. The van der Waals surface area contributed by atoms with E-state index < -0.39 is 28.7 Å². The molecule has 160 valence electrons. The number of thiol groups is 1. The minimum absolute atomic E-state index is 0.0120. The van der Waals surface area contributed by atoms with Crippen molar-refractivity contribution in [1.82, 2.24) is 10.6 Å². The number of carbonyl (C=O) groups is 3. The summed E-state index contributed by atoms with van der Waals surface area (Å²) >= 11 is 4.32. The van der Waals surface area contributed by atoms with Gasteiger partial charge in [0, 0.05) is 0 Å². The standard InChI is InChI=1S/C21H30N2O5S/c1-14(2)17(29)18(24)23-21(10-6-7-11-21)20(27)22-16(19(25)26)13-28-12-15-8-4-3-5-9-15/h3-5,8-9,14,16-17,29H,6-7,10-13H2,1-2H3,(H,22,27)(H,23,24)(H,25,26)/t16-,17-/m0/s1. The molecule has 0 saturated heterocycles. The first-order chi connectivity index (χ1) is 13.7. The summed E-state index contributed by atoms with van der Waals surface area (Å²) < 4.78 is 5.50. The third-order valence-corrected chi connectivity index (χ3v) is 5.98. The monoisotopic (exact) mass is 422 g/mol. The van der Waals surface area contributed by atoms with Crippen molar-refractivity contribution in [2.75, 3.05) is 6.61 Å². The van der Waals surface area contributed by atoms with Gasteiger partial charge in [-0.1, -0.05) is 57.0 Å². The quantitative estimate of drug-likeness (QED) is 0.433. The molecule has 0 aromatic heterocycles. The molecule has 0 bridgehead atoms. The van der Waals surface area contributed by atoms with Gasteiger partial charge in [-0.25, -0.2) is 4.79 Å². The van der Waals surface area contributed by atoms with Gasteiger partial charge in [-0.2, -0.15) is 12.6 Å². The SMILES string of the molecule is CC(C)[C@H](S)C(=O)NC1(C(=O)N[C@@H](COCc2ccccc2)C(=O)O)CCCC1. The summed E-state index contributed by atoms with van der Waals surface area (Å²) in [7, 11) is 0. The zero-order valence-electron chi connectivity index (χ0n) is 16.9. The van der Waals surface area contributed by atoms with E-state index in [-0.39, 0.29) is 25.0 Å². The van der Waals surface area contributed by atoms with Crippen LogP contribution in [0.1, 0.15) is 45.1 Å². The number of amides is 2. The van der Waals surface area contributed by atoms with Crippen molar-refractivity contribution >= 4 is 30.4 Å². The van der Waals surface area contributed by atoms with Gasteiger partial charge >= 0.3 is 5.97 Å². The number of aliphatic carboxylic acids is 1. The molecule has 0 unspecified atom stereocenters.